The van der Waals surface area contributed by atoms with E-state index in [0.29, 0.717) is 17.4 Å². The van der Waals surface area contributed by atoms with Gasteiger partial charge in [-0.25, -0.2) is 9.59 Å². The summed E-state index contributed by atoms with van der Waals surface area (Å²) in [5.41, 5.74) is 3.03. The first-order valence-corrected chi connectivity index (χ1v) is 10.8. The number of rotatable bonds is 5. The van der Waals surface area contributed by atoms with Crippen molar-refractivity contribution in [2.24, 2.45) is 0 Å². The number of hydrogen-bond acceptors (Lipinski definition) is 3. The van der Waals surface area contributed by atoms with E-state index in [4.69, 9.17) is 4.74 Å². The fraction of sp³-hybridized carbons (Fsp3) is 0.333. The Labute approximate surface area is 177 Å². The average molecular weight is 497 g/mol. The Hall–Kier alpha value is -1.66. The summed E-state index contributed by atoms with van der Waals surface area (Å²) >= 11 is 6.78. The standard InChI is InChI=1S/C21H23Br2NO3/c1-21(2,3)24(14-17-6-4-15(12-22)5-7-17)20(26)27-19(25)18-10-8-16(13-23)9-11-18/h4-11H,12-14H2,1-3H3. The monoisotopic (exact) mass is 495 g/mol. The molecule has 0 saturated heterocycles. The zero-order valence-corrected chi connectivity index (χ0v) is 18.8. The van der Waals surface area contributed by atoms with Gasteiger partial charge in [-0.05, 0) is 49.6 Å². The first kappa shape index (κ1) is 21.6. The van der Waals surface area contributed by atoms with Gasteiger partial charge < -0.3 is 4.74 Å². The topological polar surface area (TPSA) is 46.6 Å². The minimum Gasteiger partial charge on any atom is -0.372 e. The minimum absolute atomic E-state index is 0.351. The predicted octanol–water partition coefficient (Wildman–Crippen LogP) is 6.05. The fourth-order valence-corrected chi connectivity index (χ4v) is 3.16. The molecule has 0 bridgehead atoms. The highest BCUT2D eigenvalue weighted by Crippen LogP contribution is 2.20. The van der Waals surface area contributed by atoms with Crippen molar-refractivity contribution in [3.8, 4) is 0 Å². The van der Waals surface area contributed by atoms with Gasteiger partial charge in [0.25, 0.3) is 0 Å². The summed E-state index contributed by atoms with van der Waals surface area (Å²) in [6.45, 7) is 6.10. The van der Waals surface area contributed by atoms with Gasteiger partial charge in [0.1, 0.15) is 0 Å². The minimum atomic E-state index is -0.651. The third-order valence-corrected chi connectivity index (χ3v) is 5.37. The Bertz CT molecular complexity index is 781. The van der Waals surface area contributed by atoms with Gasteiger partial charge in [-0.15, -0.1) is 0 Å². The van der Waals surface area contributed by atoms with E-state index in [1.54, 1.807) is 17.0 Å². The maximum atomic E-state index is 12.7. The largest absolute Gasteiger partial charge is 0.418 e. The third-order valence-electron chi connectivity index (χ3n) is 4.07. The highest BCUT2D eigenvalue weighted by molar-refractivity contribution is 9.08. The first-order valence-electron chi connectivity index (χ1n) is 8.57. The van der Waals surface area contributed by atoms with Crippen LogP contribution in [0.5, 0.6) is 0 Å². The summed E-state index contributed by atoms with van der Waals surface area (Å²) in [7, 11) is 0. The van der Waals surface area contributed by atoms with Crippen LogP contribution in [0.2, 0.25) is 0 Å². The van der Waals surface area contributed by atoms with Gasteiger partial charge in [0.2, 0.25) is 0 Å². The van der Waals surface area contributed by atoms with Crippen molar-refractivity contribution in [1.29, 1.82) is 0 Å². The second-order valence-electron chi connectivity index (χ2n) is 7.19. The number of alkyl halides is 2. The number of esters is 1. The van der Waals surface area contributed by atoms with Crippen LogP contribution >= 0.6 is 31.9 Å². The number of hydrogen-bond donors (Lipinski definition) is 0. The molecule has 0 aliphatic rings. The molecular formula is C21H23Br2NO3. The van der Waals surface area contributed by atoms with Gasteiger partial charge in [0.05, 0.1) is 5.56 Å². The Kier molecular flexibility index (Phi) is 7.62. The predicted molar refractivity (Wildman–Crippen MR) is 114 cm³/mol. The Morgan fingerprint density at radius 3 is 1.74 bits per heavy atom. The van der Waals surface area contributed by atoms with E-state index in [0.717, 1.165) is 22.0 Å². The van der Waals surface area contributed by atoms with Gasteiger partial charge in [-0.1, -0.05) is 68.3 Å². The maximum absolute atomic E-state index is 12.7. The lowest BCUT2D eigenvalue weighted by molar-refractivity contribution is 0.0432. The summed E-state index contributed by atoms with van der Waals surface area (Å²) in [6, 6.07) is 14.9. The smallest absolute Gasteiger partial charge is 0.372 e. The molecule has 0 aromatic heterocycles. The lowest BCUT2D eigenvalue weighted by Crippen LogP contribution is -2.45. The molecule has 144 valence electrons. The molecule has 0 heterocycles. The van der Waals surface area contributed by atoms with Gasteiger partial charge in [-0.3, -0.25) is 4.90 Å². The zero-order chi connectivity index (χ0) is 20.0. The van der Waals surface area contributed by atoms with Crippen molar-refractivity contribution in [3.63, 3.8) is 0 Å². The van der Waals surface area contributed by atoms with Crippen molar-refractivity contribution < 1.29 is 14.3 Å². The van der Waals surface area contributed by atoms with Gasteiger partial charge in [0.15, 0.2) is 0 Å². The molecule has 0 saturated carbocycles. The van der Waals surface area contributed by atoms with Gasteiger partial charge in [-0.2, -0.15) is 0 Å². The van der Waals surface area contributed by atoms with E-state index in [1.807, 2.05) is 57.2 Å². The van der Waals surface area contributed by atoms with Gasteiger partial charge >= 0.3 is 12.1 Å². The van der Waals surface area contributed by atoms with Crippen LogP contribution in [0.15, 0.2) is 48.5 Å². The van der Waals surface area contributed by atoms with Crippen molar-refractivity contribution in [2.45, 2.75) is 43.5 Å². The molecule has 0 aliphatic heterocycles. The number of nitrogens with zero attached hydrogens (tertiary/aromatic N) is 1. The number of ether oxygens (including phenoxy) is 1. The molecule has 4 nitrogen and oxygen atoms in total. The molecule has 0 spiro atoms. The Morgan fingerprint density at radius 2 is 1.30 bits per heavy atom. The normalized spacial score (nSPS) is 11.1. The molecule has 6 heteroatoms. The lowest BCUT2D eigenvalue weighted by atomic mass is 10.0. The van der Waals surface area contributed by atoms with Crippen LogP contribution < -0.4 is 0 Å². The Morgan fingerprint density at radius 1 is 0.852 bits per heavy atom. The number of halogens is 2. The maximum Gasteiger partial charge on any atom is 0.418 e. The summed E-state index contributed by atoms with van der Waals surface area (Å²) in [5.74, 6) is -0.648. The zero-order valence-electron chi connectivity index (χ0n) is 15.7. The number of carbonyl (C=O) groups excluding carboxylic acids is 2. The van der Waals surface area contributed by atoms with E-state index in [-0.39, 0.29) is 0 Å². The summed E-state index contributed by atoms with van der Waals surface area (Å²) in [6.07, 6.45) is -0.651. The van der Waals surface area contributed by atoms with Gasteiger partial charge in [0, 0.05) is 22.7 Å². The number of amides is 1. The van der Waals surface area contributed by atoms with E-state index >= 15 is 0 Å². The van der Waals surface area contributed by atoms with E-state index < -0.39 is 17.6 Å². The van der Waals surface area contributed by atoms with Crippen molar-refractivity contribution in [2.75, 3.05) is 0 Å². The molecule has 0 atom stereocenters. The quantitative estimate of drug-likeness (QED) is 0.287. The van der Waals surface area contributed by atoms with Crippen LogP contribution in [0.4, 0.5) is 4.79 Å². The highest BCUT2D eigenvalue weighted by atomic mass is 79.9. The second-order valence-corrected chi connectivity index (χ2v) is 8.31. The summed E-state index contributed by atoms with van der Waals surface area (Å²) in [4.78, 5) is 26.6. The molecule has 2 aromatic rings. The van der Waals surface area contributed by atoms with Crippen molar-refractivity contribution in [1.82, 2.24) is 4.90 Å². The molecule has 0 aliphatic carbocycles. The molecule has 0 N–H and O–H groups in total. The number of benzene rings is 2. The molecule has 27 heavy (non-hydrogen) atoms. The third kappa shape index (κ3) is 6.18. The van der Waals surface area contributed by atoms with Crippen LogP contribution in [0.1, 0.15) is 47.8 Å². The molecule has 2 rings (SSSR count). The SMILES string of the molecule is CC(C)(C)N(Cc1ccc(CBr)cc1)C(=O)OC(=O)c1ccc(CBr)cc1. The van der Waals surface area contributed by atoms with Crippen LogP contribution in [-0.4, -0.2) is 22.5 Å². The molecule has 0 unspecified atom stereocenters. The molecular weight excluding hydrogens is 474 g/mol. The van der Waals surface area contributed by atoms with Crippen LogP contribution in [-0.2, 0) is 21.9 Å². The molecule has 2 aromatic carbocycles. The molecule has 0 fully saturated rings. The summed E-state index contributed by atoms with van der Waals surface area (Å²) in [5, 5.41) is 1.48. The molecule has 0 radical (unpaired) electrons. The van der Waals surface area contributed by atoms with Crippen LogP contribution in [0.3, 0.4) is 0 Å². The van der Waals surface area contributed by atoms with Crippen LogP contribution in [0, 0.1) is 0 Å². The highest BCUT2D eigenvalue weighted by Gasteiger charge is 2.29. The number of carbonyl (C=O) groups is 2. The van der Waals surface area contributed by atoms with Crippen LogP contribution in [0.25, 0.3) is 0 Å². The first-order chi connectivity index (χ1) is 12.7. The van der Waals surface area contributed by atoms with E-state index in [2.05, 4.69) is 31.9 Å². The Balaban J connectivity index is 2.12. The summed E-state index contributed by atoms with van der Waals surface area (Å²) < 4.78 is 5.14. The van der Waals surface area contributed by atoms with Crippen molar-refractivity contribution in [3.05, 3.63) is 70.8 Å². The lowest BCUT2D eigenvalue weighted by Gasteiger charge is -2.34. The molecule has 1 amide bonds. The van der Waals surface area contributed by atoms with E-state index in [1.165, 1.54) is 0 Å². The van der Waals surface area contributed by atoms with Crippen molar-refractivity contribution >= 4 is 43.9 Å². The average Bonchev–Trinajstić information content (AvgIpc) is 2.65. The second kappa shape index (κ2) is 9.51. The van der Waals surface area contributed by atoms with E-state index in [9.17, 15) is 9.59 Å². The fourth-order valence-electron chi connectivity index (χ4n) is 2.42.